The average molecular weight is 384 g/mol. The number of aryl methyl sites for hydroxylation is 1. The molecule has 2 rings (SSSR count). The quantitative estimate of drug-likeness (QED) is 0.284. The first-order valence-electron chi connectivity index (χ1n) is 6.25. The molecule has 10 nitrogen and oxygen atoms in total. The third-order valence-corrected chi connectivity index (χ3v) is 2.68. The Morgan fingerprint density at radius 3 is 2.40 bits per heavy atom. The van der Waals surface area contributed by atoms with Gasteiger partial charge in [-0.3, -0.25) is 10.1 Å². The maximum absolute atomic E-state index is 11.8. The SMILES string of the molecule is C[O-].Cn1cc([N+](=O)[O-])cc1/C([O-])=N/N=C/c1ccccc1[O-].[O-2].[V]. The van der Waals surface area contributed by atoms with Crippen LogP contribution in [0.2, 0.25) is 0 Å². The predicted molar refractivity (Wildman–Crippen MR) is 78.7 cm³/mol. The minimum atomic E-state index is -0.731. The number of benzene rings is 1. The molecule has 0 atom stereocenters. The average Bonchev–Trinajstić information content (AvgIpc) is 2.93. The molecule has 135 valence electrons. The van der Waals surface area contributed by atoms with Crippen LogP contribution < -0.4 is 15.3 Å². The molecule has 0 N–H and O–H groups in total. The molecule has 1 aromatic heterocycles. The van der Waals surface area contributed by atoms with Crippen LogP contribution in [0.1, 0.15) is 11.3 Å². The molecule has 0 bridgehead atoms. The van der Waals surface area contributed by atoms with Crippen LogP contribution in [-0.2, 0) is 31.1 Å². The molecule has 0 aliphatic carbocycles. The number of hydrogen-bond donors (Lipinski definition) is 0. The van der Waals surface area contributed by atoms with E-state index < -0.39 is 10.8 Å². The fourth-order valence-electron chi connectivity index (χ4n) is 1.64. The first-order chi connectivity index (χ1) is 11.0. The number of rotatable bonds is 4. The summed E-state index contributed by atoms with van der Waals surface area (Å²) in [5.41, 5.74) is 0.131. The van der Waals surface area contributed by atoms with E-state index in [-0.39, 0.29) is 41.2 Å². The molecule has 1 radical (unpaired) electrons. The van der Waals surface area contributed by atoms with Crippen molar-refractivity contribution in [2.45, 2.75) is 0 Å². The van der Waals surface area contributed by atoms with Gasteiger partial charge < -0.3 is 25.4 Å². The number of nitrogens with zero attached hydrogens (tertiary/aromatic N) is 4. The second-order valence-corrected chi connectivity index (χ2v) is 4.14. The zero-order chi connectivity index (χ0) is 17.4. The Bertz CT molecular complexity index is 745. The molecule has 0 amide bonds. The summed E-state index contributed by atoms with van der Waals surface area (Å²) in [4.78, 5) is 10.0. The van der Waals surface area contributed by atoms with E-state index in [1.54, 1.807) is 18.2 Å². The Hall–Kier alpha value is -2.66. The van der Waals surface area contributed by atoms with Gasteiger partial charge in [0.15, 0.2) is 0 Å². The van der Waals surface area contributed by atoms with Gasteiger partial charge in [0, 0.05) is 37.6 Å². The molecule has 2 aromatic rings. The summed E-state index contributed by atoms with van der Waals surface area (Å²) in [6, 6.07) is 7.27. The summed E-state index contributed by atoms with van der Waals surface area (Å²) in [5.74, 6) is -0.969. The summed E-state index contributed by atoms with van der Waals surface area (Å²) in [6.07, 6.45) is 2.37. The van der Waals surface area contributed by atoms with E-state index in [1.807, 2.05) is 0 Å². The van der Waals surface area contributed by atoms with Crippen LogP contribution in [0.25, 0.3) is 0 Å². The van der Waals surface area contributed by atoms with Crippen LogP contribution in [0.4, 0.5) is 5.69 Å². The number of aromatic nitrogens is 1. The molecule has 25 heavy (non-hydrogen) atoms. The van der Waals surface area contributed by atoms with Crippen molar-refractivity contribution in [2.75, 3.05) is 7.11 Å². The zero-order valence-corrected chi connectivity index (χ0v) is 14.6. The molecular weight excluding hydrogens is 371 g/mol. The molecule has 0 saturated heterocycles. The van der Waals surface area contributed by atoms with Gasteiger partial charge in [-0.2, -0.15) is 17.3 Å². The van der Waals surface area contributed by atoms with Crippen molar-refractivity contribution in [2.24, 2.45) is 17.3 Å². The Balaban J connectivity index is 0. The van der Waals surface area contributed by atoms with Crippen molar-refractivity contribution >= 4 is 17.8 Å². The van der Waals surface area contributed by atoms with E-state index in [2.05, 4.69) is 10.2 Å². The standard InChI is InChI=1S/C13H12N4O4.CH3O.O.V/c1-16-8-10(17(20)21)6-11(16)13(19)15-14-7-9-4-2-3-5-12(9)18;1-2;;/h2-8,18H,1H3,(H,15,19);1H3;;/q;-1;-2;/p-2/b14-7+;;;. The van der Waals surface area contributed by atoms with Gasteiger partial charge in [-0.05, 0) is 5.56 Å². The smallest absolute Gasteiger partial charge is 0.287 e. The molecule has 0 fully saturated rings. The molecule has 1 aromatic carbocycles. The summed E-state index contributed by atoms with van der Waals surface area (Å²) in [7, 11) is 2.24. The minimum absolute atomic E-state index is 0. The van der Waals surface area contributed by atoms with Gasteiger partial charge in [0.25, 0.3) is 5.69 Å². The molecule has 0 aliphatic heterocycles. The molecule has 11 heteroatoms. The Kier molecular flexibility index (Phi) is 11.6. The van der Waals surface area contributed by atoms with Gasteiger partial charge in [0.1, 0.15) is 0 Å². The van der Waals surface area contributed by atoms with Gasteiger partial charge in [-0.15, -0.1) is 0 Å². The van der Waals surface area contributed by atoms with Crippen molar-refractivity contribution in [3.63, 3.8) is 0 Å². The summed E-state index contributed by atoms with van der Waals surface area (Å²) in [6.45, 7) is 0. The second-order valence-electron chi connectivity index (χ2n) is 4.14. The second kappa shape index (κ2) is 11.8. The van der Waals surface area contributed by atoms with Crippen LogP contribution in [-0.4, -0.2) is 28.7 Å². The van der Waals surface area contributed by atoms with Gasteiger partial charge in [-0.25, -0.2) is 0 Å². The maximum atomic E-state index is 11.8. The fraction of sp³-hybridized carbons (Fsp3) is 0.143. The summed E-state index contributed by atoms with van der Waals surface area (Å²) >= 11 is 0. The van der Waals surface area contributed by atoms with Crippen molar-refractivity contribution in [3.05, 3.63) is 57.9 Å². The topological polar surface area (TPSA) is 170 Å². The summed E-state index contributed by atoms with van der Waals surface area (Å²) < 4.78 is 1.29. The Morgan fingerprint density at radius 2 is 1.88 bits per heavy atom. The first kappa shape index (κ1) is 24.6. The molecular formula is C14H13N4O6V-5. The largest absolute Gasteiger partial charge is 2.00 e. The third-order valence-electron chi connectivity index (χ3n) is 2.68. The van der Waals surface area contributed by atoms with E-state index in [0.29, 0.717) is 5.56 Å². The predicted octanol–water partition coefficient (Wildman–Crippen LogP) is -0.997. The van der Waals surface area contributed by atoms with Gasteiger partial charge in [-0.1, -0.05) is 30.0 Å². The fourth-order valence-corrected chi connectivity index (χ4v) is 1.64. The van der Waals surface area contributed by atoms with Gasteiger partial charge in [0.2, 0.25) is 0 Å². The Labute approximate surface area is 155 Å². The van der Waals surface area contributed by atoms with Crippen LogP contribution in [0, 0.1) is 10.1 Å². The van der Waals surface area contributed by atoms with Crippen molar-refractivity contribution in [1.82, 2.24) is 4.57 Å². The van der Waals surface area contributed by atoms with Crippen LogP contribution in [0.5, 0.6) is 5.75 Å². The Morgan fingerprint density at radius 1 is 1.28 bits per heavy atom. The van der Waals surface area contributed by atoms with E-state index in [4.69, 9.17) is 5.11 Å². The number of para-hydroxylation sites is 1. The van der Waals surface area contributed by atoms with Crippen molar-refractivity contribution < 1.29 is 44.3 Å². The van der Waals surface area contributed by atoms with Gasteiger partial charge in [0.05, 0.1) is 23.0 Å². The van der Waals surface area contributed by atoms with Crippen molar-refractivity contribution in [1.29, 1.82) is 0 Å². The zero-order valence-electron chi connectivity index (χ0n) is 13.2. The molecule has 0 unspecified atom stereocenters. The van der Waals surface area contributed by atoms with E-state index in [9.17, 15) is 20.3 Å². The minimum Gasteiger partial charge on any atom is -2.00 e. The van der Waals surface area contributed by atoms with Crippen molar-refractivity contribution in [3.8, 4) is 5.75 Å². The van der Waals surface area contributed by atoms with Crippen LogP contribution in [0.15, 0.2) is 46.7 Å². The number of hydrogen-bond acceptors (Lipinski definition) is 7. The molecule has 0 spiro atoms. The van der Waals surface area contributed by atoms with Crippen LogP contribution in [0.3, 0.4) is 0 Å². The van der Waals surface area contributed by atoms with E-state index in [0.717, 1.165) is 19.4 Å². The van der Waals surface area contributed by atoms with E-state index in [1.165, 1.54) is 23.9 Å². The van der Waals surface area contributed by atoms with Gasteiger partial charge >= 0.3 is 0 Å². The molecule has 0 saturated carbocycles. The molecule has 0 aliphatic rings. The third kappa shape index (κ3) is 6.77. The summed E-state index contributed by atoms with van der Waals surface area (Å²) in [5, 5.41) is 49.0. The number of nitro groups is 1. The maximum Gasteiger partial charge on any atom is 0.287 e. The molecule has 1 heterocycles. The van der Waals surface area contributed by atoms with Crippen LogP contribution >= 0.6 is 0 Å². The monoisotopic (exact) mass is 384 g/mol. The normalized spacial score (nSPS) is 10.3. The van der Waals surface area contributed by atoms with E-state index >= 15 is 0 Å². The first-order valence-corrected chi connectivity index (χ1v) is 6.25.